The van der Waals surface area contributed by atoms with Gasteiger partial charge in [0.15, 0.2) is 15.0 Å². The van der Waals surface area contributed by atoms with Gasteiger partial charge in [-0.15, -0.1) is 0 Å². The molecule has 0 fully saturated rings. The molecule has 3 aromatic carbocycles. The van der Waals surface area contributed by atoms with Gasteiger partial charge in [-0.2, -0.15) is 0 Å². The van der Waals surface area contributed by atoms with Gasteiger partial charge in [-0.25, -0.2) is 25.8 Å². The minimum atomic E-state index is -4.11. The van der Waals surface area contributed by atoms with E-state index in [1.165, 1.54) is 47.1 Å². The molecule has 0 saturated carbocycles. The number of hydrogen-bond acceptors (Lipinski definition) is 11. The summed E-state index contributed by atoms with van der Waals surface area (Å²) < 4.78 is 70.6. The van der Waals surface area contributed by atoms with Crippen molar-refractivity contribution in [3.8, 4) is 11.5 Å². The van der Waals surface area contributed by atoms with Crippen LogP contribution in [0.3, 0.4) is 0 Å². The van der Waals surface area contributed by atoms with E-state index in [2.05, 4.69) is 9.97 Å². The molecule has 2 heterocycles. The summed E-state index contributed by atoms with van der Waals surface area (Å²) in [5, 5.41) is 0.264. The van der Waals surface area contributed by atoms with E-state index >= 15 is 0 Å². The number of esters is 1. The lowest BCUT2D eigenvalue weighted by atomic mass is 10.1. The number of ether oxygens (including phenoxy) is 3. The molecule has 0 aliphatic rings. The number of rotatable bonds is 14. The first-order chi connectivity index (χ1) is 23.3. The monoisotopic (exact) mass is 723 g/mol. The van der Waals surface area contributed by atoms with Crippen LogP contribution < -0.4 is 9.47 Å². The average molecular weight is 724 g/mol. The van der Waals surface area contributed by atoms with Gasteiger partial charge in [0.25, 0.3) is 10.0 Å². The van der Waals surface area contributed by atoms with Gasteiger partial charge in [0, 0.05) is 35.6 Å². The van der Waals surface area contributed by atoms with E-state index in [9.17, 15) is 21.6 Å². The van der Waals surface area contributed by atoms with Crippen molar-refractivity contribution in [1.29, 1.82) is 0 Å². The van der Waals surface area contributed by atoms with E-state index in [1.807, 2.05) is 20.8 Å². The molecule has 5 aromatic rings. The number of nitrogens with zero attached hydrogens (tertiary/aromatic N) is 3. The molecule has 5 rings (SSSR count). The van der Waals surface area contributed by atoms with E-state index in [1.54, 1.807) is 55.8 Å². The highest BCUT2D eigenvalue weighted by molar-refractivity contribution is 7.99. The SMILES string of the molecule is COc1ccc2c(c1)nc(SCc1ncc(C)c(OC)c1C)n2S(=O)(=O)c1ccc(CCC(=O)OCCS(=O)(=O)c2ccc(C)cc2)cc1. The molecule has 0 N–H and O–H groups in total. The molecule has 0 atom stereocenters. The van der Waals surface area contributed by atoms with Crippen LogP contribution in [-0.2, 0) is 41.6 Å². The summed E-state index contributed by atoms with van der Waals surface area (Å²) >= 11 is 1.25. The molecule has 0 unspecified atom stereocenters. The average Bonchev–Trinajstić information content (AvgIpc) is 3.46. The van der Waals surface area contributed by atoms with Crippen LogP contribution in [0.1, 0.15) is 34.4 Å². The molecule has 0 aliphatic heterocycles. The lowest BCUT2D eigenvalue weighted by Crippen LogP contribution is -2.16. The van der Waals surface area contributed by atoms with Crippen molar-refractivity contribution in [1.82, 2.24) is 13.9 Å². The molecule has 258 valence electrons. The van der Waals surface area contributed by atoms with Gasteiger partial charge in [-0.05, 0) is 69.2 Å². The van der Waals surface area contributed by atoms with Crippen LogP contribution in [0.2, 0.25) is 0 Å². The molecule has 0 radical (unpaired) electrons. The maximum absolute atomic E-state index is 14.1. The number of aromatic nitrogens is 3. The summed E-state index contributed by atoms with van der Waals surface area (Å²) in [6, 6.07) is 17.8. The summed E-state index contributed by atoms with van der Waals surface area (Å²) in [5.74, 6) is 0.762. The number of hydrogen-bond donors (Lipinski definition) is 0. The third-order valence-electron chi connectivity index (χ3n) is 7.95. The van der Waals surface area contributed by atoms with Crippen molar-refractivity contribution in [2.45, 2.75) is 54.3 Å². The number of aryl methyl sites for hydroxylation is 3. The highest BCUT2D eigenvalue weighted by atomic mass is 32.2. The number of thioether (sulfide) groups is 1. The molecule has 0 saturated heterocycles. The van der Waals surface area contributed by atoms with Gasteiger partial charge in [0.1, 0.15) is 18.1 Å². The number of carbonyl (C=O) groups excluding carboxylic acids is 1. The zero-order valence-electron chi connectivity index (χ0n) is 27.8. The summed E-state index contributed by atoms with van der Waals surface area (Å²) in [5.41, 5.74) is 5.03. The molecule has 11 nitrogen and oxygen atoms in total. The van der Waals surface area contributed by atoms with Gasteiger partial charge in [-0.1, -0.05) is 41.6 Å². The fourth-order valence-corrected chi connectivity index (χ4v) is 9.02. The Balaban J connectivity index is 1.29. The molecule has 14 heteroatoms. The minimum Gasteiger partial charge on any atom is -0.497 e. The first-order valence-electron chi connectivity index (χ1n) is 15.3. The highest BCUT2D eigenvalue weighted by Crippen LogP contribution is 2.34. The Bertz CT molecular complexity index is 2200. The van der Waals surface area contributed by atoms with E-state index in [4.69, 9.17) is 14.2 Å². The lowest BCUT2D eigenvalue weighted by Gasteiger charge is -2.13. The minimum absolute atomic E-state index is 0.00268. The van der Waals surface area contributed by atoms with Crippen molar-refractivity contribution >= 4 is 48.6 Å². The maximum Gasteiger partial charge on any atom is 0.306 e. The van der Waals surface area contributed by atoms with Gasteiger partial charge in [-0.3, -0.25) is 9.78 Å². The standard InChI is InChI=1S/C35H37N3O8S3/c1-23-6-12-28(13-7-23)48(40,41)19-18-46-33(39)17-10-26-8-14-29(15-9-26)49(42,43)38-32-16-11-27(44-4)20-30(32)37-35(38)47-22-31-25(3)34(45-5)24(2)21-36-31/h6-9,11-16,20-21H,10,17-19,22H2,1-5H3. The molecule has 0 bridgehead atoms. The zero-order valence-corrected chi connectivity index (χ0v) is 30.2. The number of imidazole rings is 1. The van der Waals surface area contributed by atoms with Crippen LogP contribution in [0.15, 0.2) is 87.9 Å². The fourth-order valence-electron chi connectivity index (χ4n) is 5.20. The van der Waals surface area contributed by atoms with Crippen LogP contribution in [0, 0.1) is 20.8 Å². The smallest absolute Gasteiger partial charge is 0.306 e. The molecule has 49 heavy (non-hydrogen) atoms. The first kappa shape index (κ1) is 35.9. The number of benzene rings is 3. The van der Waals surface area contributed by atoms with Gasteiger partial charge >= 0.3 is 5.97 Å². The Morgan fingerprint density at radius 3 is 2.24 bits per heavy atom. The second kappa shape index (κ2) is 15.0. The van der Waals surface area contributed by atoms with Crippen LogP contribution in [0.4, 0.5) is 0 Å². The maximum atomic E-state index is 14.1. The summed E-state index contributed by atoms with van der Waals surface area (Å²) in [6.07, 6.45) is 2.01. The van der Waals surface area contributed by atoms with Gasteiger partial charge in [0.2, 0.25) is 0 Å². The highest BCUT2D eigenvalue weighted by Gasteiger charge is 2.26. The second-order valence-electron chi connectivity index (χ2n) is 11.3. The predicted octanol–water partition coefficient (Wildman–Crippen LogP) is 5.85. The first-order valence-corrected chi connectivity index (χ1v) is 19.4. The van der Waals surface area contributed by atoms with Crippen molar-refractivity contribution < 1.29 is 35.8 Å². The van der Waals surface area contributed by atoms with Crippen molar-refractivity contribution in [3.63, 3.8) is 0 Å². The number of sulfone groups is 1. The van der Waals surface area contributed by atoms with E-state index < -0.39 is 25.8 Å². The molecule has 0 spiro atoms. The Morgan fingerprint density at radius 1 is 0.878 bits per heavy atom. The van der Waals surface area contributed by atoms with Crippen LogP contribution in [-0.4, -0.2) is 63.3 Å². The summed E-state index contributed by atoms with van der Waals surface area (Å²) in [6.45, 7) is 5.43. The predicted molar refractivity (Wildman–Crippen MR) is 188 cm³/mol. The largest absolute Gasteiger partial charge is 0.497 e. The summed E-state index contributed by atoms with van der Waals surface area (Å²) in [7, 11) is -4.55. The summed E-state index contributed by atoms with van der Waals surface area (Å²) in [4.78, 5) is 21.8. The zero-order chi connectivity index (χ0) is 35.3. The number of methoxy groups -OCH3 is 2. The Kier molecular flexibility index (Phi) is 11.0. The Hall–Kier alpha value is -4.40. The van der Waals surface area contributed by atoms with Gasteiger partial charge < -0.3 is 14.2 Å². The molecular weight excluding hydrogens is 687 g/mol. The second-order valence-corrected chi connectivity index (χ2v) is 16.2. The number of pyridine rings is 1. The van der Waals surface area contributed by atoms with Crippen molar-refractivity contribution in [3.05, 3.63) is 101 Å². The van der Waals surface area contributed by atoms with E-state index in [-0.39, 0.29) is 40.1 Å². The number of fused-ring (bicyclic) bond motifs is 1. The number of carbonyl (C=O) groups is 1. The molecule has 2 aromatic heterocycles. The van der Waals surface area contributed by atoms with Crippen LogP contribution in [0.25, 0.3) is 11.0 Å². The fraction of sp³-hybridized carbons (Fsp3) is 0.286. The Labute approximate surface area is 290 Å². The lowest BCUT2D eigenvalue weighted by molar-refractivity contribution is -0.142. The third kappa shape index (κ3) is 8.09. The van der Waals surface area contributed by atoms with E-state index in [0.717, 1.165) is 28.1 Å². The van der Waals surface area contributed by atoms with Crippen molar-refractivity contribution in [2.75, 3.05) is 26.6 Å². The van der Waals surface area contributed by atoms with E-state index in [0.29, 0.717) is 28.1 Å². The Morgan fingerprint density at radius 2 is 1.57 bits per heavy atom. The molecular formula is C35H37N3O8S3. The normalized spacial score (nSPS) is 11.9. The van der Waals surface area contributed by atoms with Crippen molar-refractivity contribution in [2.24, 2.45) is 0 Å². The quantitative estimate of drug-likeness (QED) is 0.101. The molecule has 0 aliphatic carbocycles. The molecule has 0 amide bonds. The van der Waals surface area contributed by atoms with Crippen LogP contribution >= 0.6 is 11.8 Å². The van der Waals surface area contributed by atoms with Crippen LogP contribution in [0.5, 0.6) is 11.5 Å². The third-order valence-corrected chi connectivity index (χ3v) is 12.4. The topological polar surface area (TPSA) is 144 Å². The van der Waals surface area contributed by atoms with Gasteiger partial charge in [0.05, 0.1) is 46.5 Å².